The second-order valence-electron chi connectivity index (χ2n) is 8.90. The highest BCUT2D eigenvalue weighted by Gasteiger charge is 2.27. The Morgan fingerprint density at radius 1 is 0.944 bits per heavy atom. The monoisotopic (exact) mass is 485 g/mol. The Morgan fingerprint density at radius 2 is 1.64 bits per heavy atom. The first-order chi connectivity index (χ1) is 17.7. The molecule has 188 valence electrons. The standard InChI is InChI=1S/C30H35N3O3/c1-4-17-32(18-5-2)29(34)20-25(24-14-9-10-15-27(24)35-3)26-21-31-30-28(16-11-19-33(26)30)36-22-23-12-7-6-8-13-23/h6-16,19,21,25H,4-5,17-18,20,22H2,1-3H3. The maximum atomic E-state index is 13.5. The fraction of sp³-hybridized carbons (Fsp3) is 0.333. The Labute approximate surface area is 213 Å². The first kappa shape index (κ1) is 25.3. The van der Waals surface area contributed by atoms with Gasteiger partial charge in [0.15, 0.2) is 11.4 Å². The number of carbonyl (C=O) groups excluding carboxylic acids is 1. The fourth-order valence-corrected chi connectivity index (χ4v) is 4.64. The van der Waals surface area contributed by atoms with Crippen molar-refractivity contribution < 1.29 is 14.3 Å². The number of aromatic nitrogens is 2. The first-order valence-corrected chi connectivity index (χ1v) is 12.7. The van der Waals surface area contributed by atoms with E-state index in [1.54, 1.807) is 7.11 Å². The Balaban J connectivity index is 1.71. The third-order valence-corrected chi connectivity index (χ3v) is 6.36. The molecular weight excluding hydrogens is 450 g/mol. The van der Waals surface area contributed by atoms with Gasteiger partial charge in [-0.2, -0.15) is 0 Å². The third kappa shape index (κ3) is 5.70. The molecule has 0 aliphatic carbocycles. The largest absolute Gasteiger partial charge is 0.496 e. The van der Waals surface area contributed by atoms with Crippen molar-refractivity contribution in [1.29, 1.82) is 0 Å². The summed E-state index contributed by atoms with van der Waals surface area (Å²) in [4.78, 5) is 20.2. The van der Waals surface area contributed by atoms with Crippen LogP contribution in [0.3, 0.4) is 0 Å². The van der Waals surface area contributed by atoms with E-state index >= 15 is 0 Å². The van der Waals surface area contributed by atoms with Gasteiger partial charge in [-0.25, -0.2) is 4.98 Å². The lowest BCUT2D eigenvalue weighted by molar-refractivity contribution is -0.131. The topological polar surface area (TPSA) is 56.1 Å². The summed E-state index contributed by atoms with van der Waals surface area (Å²) in [5, 5.41) is 0. The van der Waals surface area contributed by atoms with Gasteiger partial charge >= 0.3 is 0 Å². The van der Waals surface area contributed by atoms with Gasteiger partial charge in [0, 0.05) is 43.4 Å². The molecule has 1 atom stereocenters. The number of amides is 1. The first-order valence-electron chi connectivity index (χ1n) is 12.7. The molecule has 6 nitrogen and oxygen atoms in total. The summed E-state index contributed by atoms with van der Waals surface area (Å²) in [6, 6.07) is 21.9. The molecule has 4 rings (SSSR count). The summed E-state index contributed by atoms with van der Waals surface area (Å²) in [5.74, 6) is 1.39. The molecular formula is C30H35N3O3. The van der Waals surface area contributed by atoms with Crippen LogP contribution < -0.4 is 9.47 Å². The average Bonchev–Trinajstić information content (AvgIpc) is 3.35. The molecule has 0 bridgehead atoms. The number of hydrogen-bond donors (Lipinski definition) is 0. The van der Waals surface area contributed by atoms with E-state index < -0.39 is 0 Å². The van der Waals surface area contributed by atoms with Crippen LogP contribution in [0.5, 0.6) is 11.5 Å². The van der Waals surface area contributed by atoms with E-state index in [1.165, 1.54) is 0 Å². The lowest BCUT2D eigenvalue weighted by Crippen LogP contribution is -2.33. The number of benzene rings is 2. The number of ether oxygens (including phenoxy) is 2. The van der Waals surface area contributed by atoms with Gasteiger partial charge in [0.05, 0.1) is 12.8 Å². The number of methoxy groups -OCH3 is 1. The number of para-hydroxylation sites is 1. The maximum absolute atomic E-state index is 13.5. The van der Waals surface area contributed by atoms with Gasteiger partial charge in [-0.15, -0.1) is 0 Å². The quantitative estimate of drug-likeness (QED) is 0.244. The zero-order valence-corrected chi connectivity index (χ0v) is 21.4. The van der Waals surface area contributed by atoms with Gasteiger partial charge in [-0.3, -0.25) is 4.79 Å². The number of rotatable bonds is 12. The van der Waals surface area contributed by atoms with E-state index in [-0.39, 0.29) is 11.8 Å². The highest BCUT2D eigenvalue weighted by molar-refractivity contribution is 5.78. The molecule has 0 aliphatic rings. The minimum absolute atomic E-state index is 0.140. The number of fused-ring (bicyclic) bond motifs is 1. The third-order valence-electron chi connectivity index (χ3n) is 6.36. The Hall–Kier alpha value is -3.80. The van der Waals surface area contributed by atoms with Crippen molar-refractivity contribution in [3.05, 3.63) is 95.9 Å². The molecule has 0 fully saturated rings. The van der Waals surface area contributed by atoms with Crippen molar-refractivity contribution in [2.24, 2.45) is 0 Å². The van der Waals surface area contributed by atoms with Gasteiger partial charge in [0.1, 0.15) is 12.4 Å². The minimum Gasteiger partial charge on any atom is -0.496 e. The molecule has 4 aromatic rings. The van der Waals surface area contributed by atoms with E-state index in [0.29, 0.717) is 18.8 Å². The smallest absolute Gasteiger partial charge is 0.223 e. The van der Waals surface area contributed by atoms with E-state index in [2.05, 4.69) is 13.8 Å². The van der Waals surface area contributed by atoms with Crippen LogP contribution in [0.15, 0.2) is 79.1 Å². The summed E-state index contributed by atoms with van der Waals surface area (Å²) in [6.07, 6.45) is 6.05. The van der Waals surface area contributed by atoms with E-state index in [9.17, 15) is 4.79 Å². The Kier molecular flexibility index (Phi) is 8.61. The van der Waals surface area contributed by atoms with Crippen molar-refractivity contribution in [1.82, 2.24) is 14.3 Å². The van der Waals surface area contributed by atoms with Crippen molar-refractivity contribution in [2.75, 3.05) is 20.2 Å². The van der Waals surface area contributed by atoms with Gasteiger partial charge in [-0.05, 0) is 36.6 Å². The molecule has 0 spiro atoms. The summed E-state index contributed by atoms with van der Waals surface area (Å²) in [6.45, 7) is 6.19. The van der Waals surface area contributed by atoms with E-state index in [1.807, 2.05) is 88.4 Å². The van der Waals surface area contributed by atoms with Crippen molar-refractivity contribution >= 4 is 11.6 Å². The van der Waals surface area contributed by atoms with Crippen LogP contribution in [-0.2, 0) is 11.4 Å². The van der Waals surface area contributed by atoms with Gasteiger partial charge < -0.3 is 18.8 Å². The lowest BCUT2D eigenvalue weighted by atomic mass is 9.91. The summed E-state index contributed by atoms with van der Waals surface area (Å²) < 4.78 is 13.9. The Bertz CT molecular complexity index is 1260. The van der Waals surface area contributed by atoms with Crippen LogP contribution in [0.1, 0.15) is 55.8 Å². The second-order valence-corrected chi connectivity index (χ2v) is 8.90. The zero-order chi connectivity index (χ0) is 25.3. The molecule has 0 radical (unpaired) electrons. The van der Waals surface area contributed by atoms with Crippen LogP contribution in [-0.4, -0.2) is 40.4 Å². The molecule has 0 saturated carbocycles. The molecule has 36 heavy (non-hydrogen) atoms. The number of hydrogen-bond acceptors (Lipinski definition) is 4. The zero-order valence-electron chi connectivity index (χ0n) is 21.4. The SMILES string of the molecule is CCCN(CCC)C(=O)CC(c1ccccc1OC)c1cnc2c(OCc3ccccc3)cccn12. The second kappa shape index (κ2) is 12.2. The molecule has 2 heterocycles. The number of pyridine rings is 1. The van der Waals surface area contributed by atoms with Gasteiger partial charge in [0.25, 0.3) is 0 Å². The van der Waals surface area contributed by atoms with Crippen LogP contribution in [0.2, 0.25) is 0 Å². The van der Waals surface area contributed by atoms with Crippen LogP contribution >= 0.6 is 0 Å². The highest BCUT2D eigenvalue weighted by Crippen LogP contribution is 2.36. The molecule has 6 heteroatoms. The van der Waals surface area contributed by atoms with Crippen LogP contribution in [0.25, 0.3) is 5.65 Å². The van der Waals surface area contributed by atoms with Crippen LogP contribution in [0, 0.1) is 0 Å². The van der Waals surface area contributed by atoms with Crippen molar-refractivity contribution in [3.8, 4) is 11.5 Å². The summed E-state index contributed by atoms with van der Waals surface area (Å²) in [7, 11) is 1.67. The average molecular weight is 486 g/mol. The molecule has 0 aliphatic heterocycles. The summed E-state index contributed by atoms with van der Waals surface area (Å²) >= 11 is 0. The lowest BCUT2D eigenvalue weighted by Gasteiger charge is -2.25. The van der Waals surface area contributed by atoms with Crippen molar-refractivity contribution in [3.63, 3.8) is 0 Å². The molecule has 2 aromatic heterocycles. The molecule has 0 N–H and O–H groups in total. The molecule has 1 unspecified atom stereocenters. The van der Waals surface area contributed by atoms with Crippen molar-refractivity contribution in [2.45, 2.75) is 45.6 Å². The van der Waals surface area contributed by atoms with Gasteiger partial charge in [-0.1, -0.05) is 62.4 Å². The maximum Gasteiger partial charge on any atom is 0.223 e. The van der Waals surface area contributed by atoms with E-state index in [4.69, 9.17) is 14.5 Å². The number of imidazole rings is 1. The van der Waals surface area contributed by atoms with E-state index in [0.717, 1.165) is 54.1 Å². The molecule has 0 saturated heterocycles. The normalized spacial score (nSPS) is 11.9. The number of carbonyl (C=O) groups is 1. The Morgan fingerprint density at radius 3 is 2.36 bits per heavy atom. The molecule has 2 aromatic carbocycles. The highest BCUT2D eigenvalue weighted by atomic mass is 16.5. The summed E-state index contributed by atoms with van der Waals surface area (Å²) in [5.41, 5.74) is 3.73. The predicted octanol–water partition coefficient (Wildman–Crippen LogP) is 6.09. The predicted molar refractivity (Wildman–Crippen MR) is 143 cm³/mol. The fourth-order valence-electron chi connectivity index (χ4n) is 4.64. The minimum atomic E-state index is -0.218. The van der Waals surface area contributed by atoms with Gasteiger partial charge in [0.2, 0.25) is 5.91 Å². The van der Waals surface area contributed by atoms with Crippen LogP contribution in [0.4, 0.5) is 0 Å². The molecule has 1 amide bonds. The number of nitrogens with zero attached hydrogens (tertiary/aromatic N) is 3.